The van der Waals surface area contributed by atoms with Gasteiger partial charge in [-0.25, -0.2) is 4.79 Å². The molecule has 0 aliphatic heterocycles. The number of ether oxygens (including phenoxy) is 1. The standard InChI is InChI=1S/C12H23NO5S/c1-8(19(15,16)17)9-5-6-10(7-9)13-11(14)18-12(2,3)4/h8-10H,5-7H2,1-4H3,(H,13,14)(H,15,16,17)/t8-,9?,10+/m1/s1. The molecule has 112 valence electrons. The molecule has 0 aromatic heterocycles. The summed E-state index contributed by atoms with van der Waals surface area (Å²) in [6.07, 6.45) is 1.42. The summed E-state index contributed by atoms with van der Waals surface area (Å²) in [5, 5.41) is 1.94. The predicted octanol–water partition coefficient (Wildman–Crippen LogP) is 1.96. The molecule has 2 N–H and O–H groups in total. The molecule has 6 nitrogen and oxygen atoms in total. The zero-order valence-corrected chi connectivity index (χ0v) is 12.7. The second-order valence-corrected chi connectivity index (χ2v) is 7.91. The first-order valence-corrected chi connectivity index (χ1v) is 7.95. The van der Waals surface area contributed by atoms with Gasteiger partial charge in [-0.15, -0.1) is 0 Å². The highest BCUT2D eigenvalue weighted by molar-refractivity contribution is 7.86. The van der Waals surface area contributed by atoms with Gasteiger partial charge >= 0.3 is 6.09 Å². The smallest absolute Gasteiger partial charge is 0.407 e. The Hall–Kier alpha value is -0.820. The highest BCUT2D eigenvalue weighted by Crippen LogP contribution is 2.31. The Bertz CT molecular complexity index is 426. The molecule has 1 aliphatic rings. The maximum Gasteiger partial charge on any atom is 0.407 e. The second kappa shape index (κ2) is 5.66. The van der Waals surface area contributed by atoms with Crippen molar-refractivity contribution in [2.24, 2.45) is 5.92 Å². The molecule has 1 aliphatic carbocycles. The minimum atomic E-state index is -4.01. The Morgan fingerprint density at radius 1 is 1.37 bits per heavy atom. The van der Waals surface area contributed by atoms with Gasteiger partial charge in [0, 0.05) is 6.04 Å². The van der Waals surface area contributed by atoms with E-state index in [0.29, 0.717) is 19.3 Å². The summed E-state index contributed by atoms with van der Waals surface area (Å²) in [6.45, 7) is 6.84. The number of nitrogens with one attached hydrogen (secondary N) is 1. The topological polar surface area (TPSA) is 92.7 Å². The molecule has 7 heteroatoms. The lowest BCUT2D eigenvalue weighted by Gasteiger charge is -2.22. The molecule has 1 fully saturated rings. The van der Waals surface area contributed by atoms with E-state index in [9.17, 15) is 13.2 Å². The van der Waals surface area contributed by atoms with Crippen molar-refractivity contribution in [1.29, 1.82) is 0 Å². The fourth-order valence-electron chi connectivity index (χ4n) is 2.29. The first-order chi connectivity index (χ1) is 8.49. The highest BCUT2D eigenvalue weighted by Gasteiger charge is 2.35. The maximum absolute atomic E-state index is 11.6. The first kappa shape index (κ1) is 16.2. The summed E-state index contributed by atoms with van der Waals surface area (Å²) in [5.41, 5.74) is -0.552. The van der Waals surface area contributed by atoms with E-state index < -0.39 is 27.1 Å². The summed E-state index contributed by atoms with van der Waals surface area (Å²) >= 11 is 0. The summed E-state index contributed by atoms with van der Waals surface area (Å²) in [4.78, 5) is 11.6. The summed E-state index contributed by atoms with van der Waals surface area (Å²) < 4.78 is 36.3. The SMILES string of the molecule is C[C@H](C1CC[C@H](NC(=O)OC(C)(C)C)C1)S(=O)(=O)O. The minimum absolute atomic E-state index is 0.0935. The molecule has 0 aromatic rings. The molecule has 3 atom stereocenters. The average Bonchev–Trinajstić information content (AvgIpc) is 2.60. The number of amides is 1. The van der Waals surface area contributed by atoms with Gasteiger partial charge in [-0.3, -0.25) is 4.55 Å². The van der Waals surface area contributed by atoms with E-state index in [1.807, 2.05) is 0 Å². The molecule has 0 spiro atoms. The van der Waals surface area contributed by atoms with Gasteiger partial charge in [-0.05, 0) is 52.9 Å². The van der Waals surface area contributed by atoms with Crippen LogP contribution in [-0.2, 0) is 14.9 Å². The molecule has 1 saturated carbocycles. The lowest BCUT2D eigenvalue weighted by atomic mass is 10.0. The molecule has 0 radical (unpaired) electrons. The fraction of sp³-hybridized carbons (Fsp3) is 0.917. The van der Waals surface area contributed by atoms with Gasteiger partial charge in [-0.2, -0.15) is 8.42 Å². The Morgan fingerprint density at radius 2 is 1.95 bits per heavy atom. The summed E-state index contributed by atoms with van der Waals surface area (Å²) in [7, 11) is -4.01. The van der Waals surface area contributed by atoms with E-state index in [-0.39, 0.29) is 12.0 Å². The zero-order chi connectivity index (χ0) is 14.8. The third kappa shape index (κ3) is 5.36. The van der Waals surface area contributed by atoms with Crippen molar-refractivity contribution in [3.8, 4) is 0 Å². The normalized spacial score (nSPS) is 25.9. The monoisotopic (exact) mass is 293 g/mol. The Labute approximate surface area is 114 Å². The number of carbonyl (C=O) groups is 1. The van der Waals surface area contributed by atoms with Crippen molar-refractivity contribution in [2.75, 3.05) is 0 Å². The zero-order valence-electron chi connectivity index (χ0n) is 11.8. The fourth-order valence-corrected chi connectivity index (χ4v) is 3.02. The van der Waals surface area contributed by atoms with Crippen molar-refractivity contribution >= 4 is 16.2 Å². The van der Waals surface area contributed by atoms with Crippen LogP contribution in [0.15, 0.2) is 0 Å². The van der Waals surface area contributed by atoms with Crippen LogP contribution in [0.1, 0.15) is 47.0 Å². The molecule has 0 aromatic carbocycles. The van der Waals surface area contributed by atoms with E-state index in [1.54, 1.807) is 20.8 Å². The Balaban J connectivity index is 2.47. The third-order valence-electron chi connectivity index (χ3n) is 3.33. The Kier molecular flexibility index (Phi) is 4.84. The van der Waals surface area contributed by atoms with Gasteiger partial charge in [0.2, 0.25) is 0 Å². The number of rotatable bonds is 3. The number of hydrogen-bond acceptors (Lipinski definition) is 4. The van der Waals surface area contributed by atoms with Crippen molar-refractivity contribution in [3.63, 3.8) is 0 Å². The number of carbonyl (C=O) groups excluding carboxylic acids is 1. The van der Waals surface area contributed by atoms with Crippen LogP contribution in [0.3, 0.4) is 0 Å². The van der Waals surface area contributed by atoms with E-state index in [2.05, 4.69) is 5.32 Å². The van der Waals surface area contributed by atoms with Crippen LogP contribution in [0.4, 0.5) is 4.79 Å². The number of hydrogen-bond donors (Lipinski definition) is 2. The molecule has 1 unspecified atom stereocenters. The molecule has 0 saturated heterocycles. The maximum atomic E-state index is 11.6. The van der Waals surface area contributed by atoms with Gasteiger partial charge in [0.05, 0.1) is 5.25 Å². The minimum Gasteiger partial charge on any atom is -0.444 e. The van der Waals surface area contributed by atoms with Gasteiger partial charge in [0.25, 0.3) is 10.1 Å². The molecule has 0 heterocycles. The van der Waals surface area contributed by atoms with Crippen LogP contribution < -0.4 is 5.32 Å². The largest absolute Gasteiger partial charge is 0.444 e. The van der Waals surface area contributed by atoms with Crippen LogP contribution in [0.5, 0.6) is 0 Å². The molecular weight excluding hydrogens is 270 g/mol. The van der Waals surface area contributed by atoms with E-state index >= 15 is 0 Å². The summed E-state index contributed by atoms with van der Waals surface area (Å²) in [5.74, 6) is -0.130. The Morgan fingerprint density at radius 3 is 2.42 bits per heavy atom. The average molecular weight is 293 g/mol. The van der Waals surface area contributed by atoms with Crippen LogP contribution in [0, 0.1) is 5.92 Å². The van der Waals surface area contributed by atoms with Crippen molar-refractivity contribution in [1.82, 2.24) is 5.32 Å². The highest BCUT2D eigenvalue weighted by atomic mass is 32.2. The van der Waals surface area contributed by atoms with Crippen molar-refractivity contribution in [2.45, 2.75) is 63.9 Å². The lowest BCUT2D eigenvalue weighted by Crippen LogP contribution is -2.38. The second-order valence-electron chi connectivity index (χ2n) is 6.14. The third-order valence-corrected chi connectivity index (χ3v) is 4.65. The molecule has 1 rings (SSSR count). The quantitative estimate of drug-likeness (QED) is 0.776. The summed E-state index contributed by atoms with van der Waals surface area (Å²) in [6, 6.07) is -0.0935. The molecule has 19 heavy (non-hydrogen) atoms. The van der Waals surface area contributed by atoms with Gasteiger partial charge in [0.15, 0.2) is 0 Å². The first-order valence-electron chi connectivity index (χ1n) is 6.45. The van der Waals surface area contributed by atoms with E-state index in [1.165, 1.54) is 6.92 Å². The lowest BCUT2D eigenvalue weighted by molar-refractivity contribution is 0.0504. The van der Waals surface area contributed by atoms with Crippen LogP contribution in [0.2, 0.25) is 0 Å². The van der Waals surface area contributed by atoms with Crippen molar-refractivity contribution < 1.29 is 22.5 Å². The van der Waals surface area contributed by atoms with Gasteiger partial charge < -0.3 is 10.1 Å². The van der Waals surface area contributed by atoms with Gasteiger partial charge in [0.1, 0.15) is 5.60 Å². The predicted molar refractivity (Wildman–Crippen MR) is 71.5 cm³/mol. The van der Waals surface area contributed by atoms with Crippen LogP contribution in [-0.4, -0.2) is 36.0 Å². The van der Waals surface area contributed by atoms with Crippen LogP contribution in [0.25, 0.3) is 0 Å². The molecular formula is C12H23NO5S. The van der Waals surface area contributed by atoms with Crippen molar-refractivity contribution in [3.05, 3.63) is 0 Å². The number of alkyl carbamates (subject to hydrolysis) is 1. The van der Waals surface area contributed by atoms with E-state index in [4.69, 9.17) is 9.29 Å². The van der Waals surface area contributed by atoms with E-state index in [0.717, 1.165) is 0 Å². The molecule has 1 amide bonds. The van der Waals surface area contributed by atoms with Gasteiger partial charge in [-0.1, -0.05) is 0 Å². The molecule has 0 bridgehead atoms. The van der Waals surface area contributed by atoms with Crippen LogP contribution >= 0.6 is 0 Å².